The summed E-state index contributed by atoms with van der Waals surface area (Å²) in [6, 6.07) is 0. The van der Waals surface area contributed by atoms with Gasteiger partial charge in [0.2, 0.25) is 5.76 Å². The van der Waals surface area contributed by atoms with Gasteiger partial charge in [-0.05, 0) is 33.8 Å². The summed E-state index contributed by atoms with van der Waals surface area (Å²) < 4.78 is 17.7. The van der Waals surface area contributed by atoms with Crippen LogP contribution in [0.4, 0.5) is 0 Å². The average molecular weight is 386 g/mol. The van der Waals surface area contributed by atoms with E-state index in [1.165, 1.54) is 6.08 Å². The van der Waals surface area contributed by atoms with Crippen molar-refractivity contribution < 1.29 is 34.3 Å². The molecule has 2 heterocycles. The first-order valence-electron chi connectivity index (χ1n) is 9.50. The molecule has 0 amide bonds. The fourth-order valence-electron chi connectivity index (χ4n) is 3.88. The van der Waals surface area contributed by atoms with E-state index < -0.39 is 34.8 Å². The Labute approximate surface area is 161 Å². The highest BCUT2D eigenvalue weighted by Crippen LogP contribution is 2.45. The fourth-order valence-corrected chi connectivity index (χ4v) is 3.88. The van der Waals surface area contributed by atoms with Crippen molar-refractivity contribution in [3.05, 3.63) is 11.8 Å². The lowest BCUT2D eigenvalue weighted by Gasteiger charge is -2.53. The van der Waals surface area contributed by atoms with E-state index in [0.29, 0.717) is 0 Å². The summed E-state index contributed by atoms with van der Waals surface area (Å²) in [5.41, 5.74) is -2.04. The Kier molecular flexibility index (Phi) is 6.03. The molecule has 0 spiro atoms. The first kappa shape index (κ1) is 22.1. The van der Waals surface area contributed by atoms with Gasteiger partial charge in [-0.2, -0.15) is 0 Å². The fraction of sp³-hybridized carbons (Fsp3) is 0.850. The van der Waals surface area contributed by atoms with Gasteiger partial charge in [0.1, 0.15) is 5.60 Å². The zero-order chi connectivity index (χ0) is 20.8. The molecule has 7 atom stereocenters. The maximum absolute atomic E-state index is 11.3. The second-order valence-electron chi connectivity index (χ2n) is 9.13. The Balaban J connectivity index is 2.08. The lowest BCUT2D eigenvalue weighted by molar-refractivity contribution is -0.255. The van der Waals surface area contributed by atoms with Crippen LogP contribution in [0.5, 0.6) is 0 Å². The van der Waals surface area contributed by atoms with Crippen LogP contribution in [0.15, 0.2) is 11.8 Å². The molecular formula is C20H34O7. The number of hydrogen-bond acceptors (Lipinski definition) is 6. The molecule has 2 aliphatic heterocycles. The van der Waals surface area contributed by atoms with Crippen molar-refractivity contribution in [2.24, 2.45) is 17.3 Å². The van der Waals surface area contributed by atoms with Gasteiger partial charge < -0.3 is 29.5 Å². The smallest absolute Gasteiger partial charge is 0.370 e. The maximum Gasteiger partial charge on any atom is 0.370 e. The number of carboxylic acids is 1. The molecule has 2 rings (SSSR count). The molecule has 7 unspecified atom stereocenters. The minimum Gasteiger partial charge on any atom is -0.478 e. The zero-order valence-corrected chi connectivity index (χ0v) is 17.4. The van der Waals surface area contributed by atoms with Crippen molar-refractivity contribution in [2.75, 3.05) is 13.2 Å². The standard InChI is InChI=1S/C20H34O7/c1-11-14(21)8-15(17(23)24)27-20(11,7)10-25-9-19(6)13(3)26-18(4,5)12(2)16(19)22/h8,11-14,16,21-22H,9-10H2,1-7H3,(H,23,24). The highest BCUT2D eigenvalue weighted by Gasteiger charge is 2.53. The van der Waals surface area contributed by atoms with E-state index in [-0.39, 0.29) is 36.9 Å². The summed E-state index contributed by atoms with van der Waals surface area (Å²) in [4.78, 5) is 11.3. The number of ether oxygens (including phenoxy) is 3. The summed E-state index contributed by atoms with van der Waals surface area (Å²) in [5.74, 6) is -1.93. The molecule has 0 aromatic heterocycles. The van der Waals surface area contributed by atoms with Crippen molar-refractivity contribution in [2.45, 2.75) is 78.0 Å². The van der Waals surface area contributed by atoms with Crippen LogP contribution in [0.25, 0.3) is 0 Å². The molecule has 2 aliphatic rings. The van der Waals surface area contributed by atoms with Crippen molar-refractivity contribution in [3.8, 4) is 0 Å². The summed E-state index contributed by atoms with van der Waals surface area (Å²) in [6.45, 7) is 13.6. The van der Waals surface area contributed by atoms with Gasteiger partial charge in [-0.15, -0.1) is 0 Å². The molecular weight excluding hydrogens is 352 g/mol. The summed E-state index contributed by atoms with van der Waals surface area (Å²) in [6.07, 6.45) is -0.567. The number of aliphatic hydroxyl groups is 2. The molecule has 0 aliphatic carbocycles. The van der Waals surface area contributed by atoms with Gasteiger partial charge >= 0.3 is 5.97 Å². The van der Waals surface area contributed by atoms with Crippen LogP contribution < -0.4 is 0 Å². The van der Waals surface area contributed by atoms with Gasteiger partial charge in [-0.3, -0.25) is 0 Å². The van der Waals surface area contributed by atoms with E-state index in [1.807, 2.05) is 34.6 Å². The van der Waals surface area contributed by atoms with E-state index in [1.54, 1.807) is 13.8 Å². The predicted molar refractivity (Wildman–Crippen MR) is 99.1 cm³/mol. The highest BCUT2D eigenvalue weighted by molar-refractivity contribution is 5.84. The van der Waals surface area contributed by atoms with Crippen molar-refractivity contribution in [1.29, 1.82) is 0 Å². The maximum atomic E-state index is 11.3. The largest absolute Gasteiger partial charge is 0.478 e. The van der Waals surface area contributed by atoms with Crippen molar-refractivity contribution in [3.63, 3.8) is 0 Å². The van der Waals surface area contributed by atoms with E-state index in [9.17, 15) is 20.1 Å². The molecule has 0 bridgehead atoms. The van der Waals surface area contributed by atoms with Crippen LogP contribution in [-0.2, 0) is 19.0 Å². The van der Waals surface area contributed by atoms with Crippen LogP contribution in [-0.4, -0.2) is 64.0 Å². The normalized spacial score (nSPS) is 44.3. The monoisotopic (exact) mass is 386 g/mol. The highest BCUT2D eigenvalue weighted by atomic mass is 16.6. The lowest BCUT2D eigenvalue weighted by atomic mass is 9.68. The molecule has 0 radical (unpaired) electrons. The molecule has 7 heteroatoms. The Bertz CT molecular complexity index is 601. The molecule has 0 aromatic carbocycles. The number of carboxylic acid groups (broad SMARTS) is 1. The van der Waals surface area contributed by atoms with E-state index >= 15 is 0 Å². The molecule has 27 heavy (non-hydrogen) atoms. The summed E-state index contributed by atoms with van der Waals surface area (Å²) >= 11 is 0. The second kappa shape index (κ2) is 7.35. The minimum absolute atomic E-state index is 0.0777. The first-order valence-corrected chi connectivity index (χ1v) is 9.50. The van der Waals surface area contributed by atoms with Gasteiger partial charge in [-0.25, -0.2) is 4.79 Å². The van der Waals surface area contributed by atoms with Crippen LogP contribution in [0, 0.1) is 17.3 Å². The zero-order valence-electron chi connectivity index (χ0n) is 17.4. The van der Waals surface area contributed by atoms with Gasteiger partial charge in [0.15, 0.2) is 0 Å². The van der Waals surface area contributed by atoms with Gasteiger partial charge in [0.25, 0.3) is 0 Å². The minimum atomic E-state index is -1.22. The van der Waals surface area contributed by atoms with Gasteiger partial charge in [0, 0.05) is 17.3 Å². The van der Waals surface area contributed by atoms with Crippen LogP contribution in [0.1, 0.15) is 48.5 Å². The number of rotatable bonds is 5. The molecule has 1 fully saturated rings. The molecule has 1 saturated heterocycles. The third-order valence-electron chi connectivity index (χ3n) is 6.81. The van der Waals surface area contributed by atoms with E-state index in [0.717, 1.165) is 0 Å². The Morgan fingerprint density at radius 1 is 1.11 bits per heavy atom. The Morgan fingerprint density at radius 3 is 2.26 bits per heavy atom. The molecule has 0 aromatic rings. The van der Waals surface area contributed by atoms with Crippen molar-refractivity contribution >= 4 is 5.97 Å². The second-order valence-corrected chi connectivity index (χ2v) is 9.13. The quantitative estimate of drug-likeness (QED) is 0.663. The number of hydrogen-bond donors (Lipinski definition) is 3. The van der Waals surface area contributed by atoms with Crippen molar-refractivity contribution in [1.82, 2.24) is 0 Å². The number of aliphatic hydroxyl groups excluding tert-OH is 2. The van der Waals surface area contributed by atoms with Gasteiger partial charge in [-0.1, -0.05) is 20.8 Å². The predicted octanol–water partition coefficient (Wildman–Crippen LogP) is 1.96. The molecule has 156 valence electrons. The van der Waals surface area contributed by atoms with Crippen LogP contribution >= 0.6 is 0 Å². The topological polar surface area (TPSA) is 105 Å². The molecule has 3 N–H and O–H groups in total. The van der Waals surface area contributed by atoms with E-state index in [2.05, 4.69) is 0 Å². The first-order chi connectivity index (χ1) is 12.2. The number of aliphatic carboxylic acids is 1. The number of carbonyl (C=O) groups is 1. The molecule has 0 saturated carbocycles. The van der Waals surface area contributed by atoms with Gasteiger partial charge in [0.05, 0.1) is 37.1 Å². The van der Waals surface area contributed by atoms with Crippen LogP contribution in [0.2, 0.25) is 0 Å². The van der Waals surface area contributed by atoms with Crippen LogP contribution in [0.3, 0.4) is 0 Å². The Morgan fingerprint density at radius 2 is 1.70 bits per heavy atom. The average Bonchev–Trinajstić information content (AvgIpc) is 2.56. The SMILES string of the molecule is CC1C(O)C(C)(COCC2(C)OC(C(=O)O)=CC(O)C2C)C(C)OC1(C)C. The summed E-state index contributed by atoms with van der Waals surface area (Å²) in [5, 5.41) is 30.3. The molecule has 7 nitrogen and oxygen atoms in total. The van der Waals surface area contributed by atoms with E-state index in [4.69, 9.17) is 14.2 Å². The summed E-state index contributed by atoms with van der Waals surface area (Å²) in [7, 11) is 0. The lowest BCUT2D eigenvalue weighted by Crippen LogP contribution is -2.61. The Hall–Kier alpha value is -1.15. The third kappa shape index (κ3) is 4.01. The third-order valence-corrected chi connectivity index (χ3v) is 6.81.